The number of primary sulfonamides is 1. The number of hydrogen-bond donors (Lipinski definition) is 3. The fourth-order valence-electron chi connectivity index (χ4n) is 2.92. The Kier molecular flexibility index (Phi) is 6.75. The molecule has 1 atom stereocenters. The number of nitrogens with two attached hydrogens (primary N) is 1. The van der Waals surface area contributed by atoms with Crippen molar-refractivity contribution in [3.63, 3.8) is 0 Å². The van der Waals surface area contributed by atoms with E-state index in [1.165, 1.54) is 12.1 Å². The van der Waals surface area contributed by atoms with Crippen LogP contribution >= 0.6 is 0 Å². The third kappa shape index (κ3) is 5.63. The SMILES string of the molecule is Cc1cc(S(N)(=O)=O)cc(NC(=O)CN[C@@H](c2ccccc2)C(C)C)c1C. The minimum atomic E-state index is -3.84. The first kappa shape index (κ1) is 21.1. The van der Waals surface area contributed by atoms with Gasteiger partial charge in [0.2, 0.25) is 15.9 Å². The summed E-state index contributed by atoms with van der Waals surface area (Å²) in [5.41, 5.74) is 3.11. The number of anilines is 1. The van der Waals surface area contributed by atoms with Crippen LogP contribution in [0.3, 0.4) is 0 Å². The highest BCUT2D eigenvalue weighted by atomic mass is 32.2. The molecular formula is C20H27N3O3S. The lowest BCUT2D eigenvalue weighted by molar-refractivity contribution is -0.115. The lowest BCUT2D eigenvalue weighted by Gasteiger charge is -2.23. The van der Waals surface area contributed by atoms with Crippen LogP contribution in [-0.4, -0.2) is 20.9 Å². The van der Waals surface area contributed by atoms with E-state index in [4.69, 9.17) is 5.14 Å². The summed E-state index contributed by atoms with van der Waals surface area (Å²) in [7, 11) is -3.84. The van der Waals surface area contributed by atoms with Crippen molar-refractivity contribution in [3.05, 3.63) is 59.2 Å². The van der Waals surface area contributed by atoms with Gasteiger partial charge in [0.25, 0.3) is 0 Å². The number of carbonyl (C=O) groups excluding carboxylic acids is 1. The Bertz CT molecular complexity index is 910. The highest BCUT2D eigenvalue weighted by molar-refractivity contribution is 7.89. The molecule has 1 amide bonds. The zero-order valence-electron chi connectivity index (χ0n) is 16.1. The van der Waals surface area contributed by atoms with Crippen LogP contribution in [0, 0.1) is 19.8 Å². The molecule has 146 valence electrons. The first-order valence-corrected chi connectivity index (χ1v) is 10.4. The van der Waals surface area contributed by atoms with E-state index in [0.29, 0.717) is 11.6 Å². The molecule has 0 aliphatic heterocycles. The molecule has 0 unspecified atom stereocenters. The molecule has 2 rings (SSSR count). The smallest absolute Gasteiger partial charge is 0.238 e. The van der Waals surface area contributed by atoms with Crippen molar-refractivity contribution in [1.29, 1.82) is 0 Å². The van der Waals surface area contributed by atoms with Gasteiger partial charge in [-0.1, -0.05) is 44.2 Å². The molecule has 0 aromatic heterocycles. The van der Waals surface area contributed by atoms with Gasteiger partial charge in [-0.15, -0.1) is 0 Å². The molecule has 0 aliphatic carbocycles. The summed E-state index contributed by atoms with van der Waals surface area (Å²) in [5.74, 6) is 0.0561. The molecule has 2 aromatic carbocycles. The van der Waals surface area contributed by atoms with Crippen LogP contribution in [0.25, 0.3) is 0 Å². The zero-order valence-corrected chi connectivity index (χ0v) is 16.9. The van der Waals surface area contributed by atoms with Crippen LogP contribution < -0.4 is 15.8 Å². The standard InChI is InChI=1S/C20H27N3O3S/c1-13(2)20(16-8-6-5-7-9-16)22-12-19(24)23-18-11-17(27(21,25)26)10-14(3)15(18)4/h5-11,13,20,22H,12H2,1-4H3,(H,23,24)(H2,21,25,26)/t20-/m1/s1. The minimum Gasteiger partial charge on any atom is -0.325 e. The van der Waals surface area contributed by atoms with E-state index in [1.807, 2.05) is 37.3 Å². The van der Waals surface area contributed by atoms with E-state index < -0.39 is 10.0 Å². The van der Waals surface area contributed by atoms with E-state index in [0.717, 1.165) is 16.7 Å². The fraction of sp³-hybridized carbons (Fsp3) is 0.350. The van der Waals surface area contributed by atoms with Crippen LogP contribution in [0.2, 0.25) is 0 Å². The number of rotatable bonds is 7. The highest BCUT2D eigenvalue weighted by Gasteiger charge is 2.18. The van der Waals surface area contributed by atoms with Gasteiger partial charge in [-0.05, 0) is 48.6 Å². The molecule has 0 aliphatic rings. The molecule has 0 saturated carbocycles. The lowest BCUT2D eigenvalue weighted by atomic mass is 9.96. The Morgan fingerprint density at radius 2 is 1.74 bits per heavy atom. The topological polar surface area (TPSA) is 101 Å². The van der Waals surface area contributed by atoms with Crippen molar-refractivity contribution in [2.24, 2.45) is 11.1 Å². The van der Waals surface area contributed by atoms with E-state index in [-0.39, 0.29) is 23.4 Å². The third-order valence-corrected chi connectivity index (χ3v) is 5.44. The van der Waals surface area contributed by atoms with E-state index in [2.05, 4.69) is 24.5 Å². The third-order valence-electron chi connectivity index (χ3n) is 4.55. The van der Waals surface area contributed by atoms with Crippen LogP contribution in [0.15, 0.2) is 47.4 Å². The van der Waals surface area contributed by atoms with Gasteiger partial charge < -0.3 is 10.6 Å². The van der Waals surface area contributed by atoms with Gasteiger partial charge in [0, 0.05) is 11.7 Å². The first-order chi connectivity index (χ1) is 12.6. The number of benzene rings is 2. The van der Waals surface area contributed by atoms with Crippen molar-refractivity contribution in [1.82, 2.24) is 5.32 Å². The average molecular weight is 390 g/mol. The first-order valence-electron chi connectivity index (χ1n) is 8.82. The second-order valence-electron chi connectivity index (χ2n) is 7.02. The Balaban J connectivity index is 2.12. The van der Waals surface area contributed by atoms with Gasteiger partial charge in [0.15, 0.2) is 0 Å². The number of carbonyl (C=O) groups is 1. The summed E-state index contributed by atoms with van der Waals surface area (Å²) in [5, 5.41) is 11.3. The predicted octanol–water partition coefficient (Wildman–Crippen LogP) is 2.88. The molecule has 6 nitrogen and oxygen atoms in total. The second kappa shape index (κ2) is 8.65. The molecule has 0 spiro atoms. The number of sulfonamides is 1. The maximum absolute atomic E-state index is 12.4. The quantitative estimate of drug-likeness (QED) is 0.678. The highest BCUT2D eigenvalue weighted by Crippen LogP contribution is 2.24. The van der Waals surface area contributed by atoms with E-state index in [1.54, 1.807) is 6.92 Å². The summed E-state index contributed by atoms with van der Waals surface area (Å²) in [6.07, 6.45) is 0. The summed E-state index contributed by atoms with van der Waals surface area (Å²) >= 11 is 0. The van der Waals surface area contributed by atoms with Crippen molar-refractivity contribution in [3.8, 4) is 0 Å². The number of hydrogen-bond acceptors (Lipinski definition) is 4. The van der Waals surface area contributed by atoms with Gasteiger partial charge in [-0.2, -0.15) is 0 Å². The van der Waals surface area contributed by atoms with Crippen LogP contribution in [0.5, 0.6) is 0 Å². The summed E-state index contributed by atoms with van der Waals surface area (Å²) in [6, 6.07) is 12.9. The predicted molar refractivity (Wildman–Crippen MR) is 108 cm³/mol. The summed E-state index contributed by atoms with van der Waals surface area (Å²) in [6.45, 7) is 7.89. The monoisotopic (exact) mass is 389 g/mol. The number of aryl methyl sites for hydroxylation is 1. The number of amides is 1. The van der Waals surface area contributed by atoms with Gasteiger partial charge >= 0.3 is 0 Å². The van der Waals surface area contributed by atoms with Gasteiger partial charge in [-0.25, -0.2) is 13.6 Å². The average Bonchev–Trinajstić information content (AvgIpc) is 2.58. The molecular weight excluding hydrogens is 362 g/mol. The van der Waals surface area contributed by atoms with Crippen molar-refractivity contribution in [2.45, 2.75) is 38.6 Å². The summed E-state index contributed by atoms with van der Waals surface area (Å²) < 4.78 is 23.3. The Morgan fingerprint density at radius 1 is 1.11 bits per heavy atom. The van der Waals surface area contributed by atoms with Gasteiger partial charge in [0.1, 0.15) is 0 Å². The van der Waals surface area contributed by atoms with Gasteiger partial charge in [-0.3, -0.25) is 4.79 Å². The van der Waals surface area contributed by atoms with Crippen molar-refractivity contribution in [2.75, 3.05) is 11.9 Å². The van der Waals surface area contributed by atoms with Crippen LogP contribution in [0.1, 0.15) is 36.6 Å². The van der Waals surface area contributed by atoms with Crippen LogP contribution in [-0.2, 0) is 14.8 Å². The maximum atomic E-state index is 12.4. The molecule has 0 saturated heterocycles. The lowest BCUT2D eigenvalue weighted by Crippen LogP contribution is -2.33. The molecule has 2 aromatic rings. The minimum absolute atomic E-state index is 0.0156. The molecule has 0 bridgehead atoms. The molecule has 0 heterocycles. The molecule has 4 N–H and O–H groups in total. The molecule has 0 fully saturated rings. The van der Waals surface area contributed by atoms with Gasteiger partial charge in [0.05, 0.1) is 11.4 Å². The number of nitrogens with one attached hydrogen (secondary N) is 2. The van der Waals surface area contributed by atoms with Crippen molar-refractivity contribution >= 4 is 21.6 Å². The molecule has 7 heteroatoms. The zero-order chi connectivity index (χ0) is 20.2. The molecule has 0 radical (unpaired) electrons. The largest absolute Gasteiger partial charge is 0.325 e. The van der Waals surface area contributed by atoms with Crippen LogP contribution in [0.4, 0.5) is 5.69 Å². The Labute approximate surface area is 161 Å². The summed E-state index contributed by atoms with van der Waals surface area (Å²) in [4.78, 5) is 12.4. The fourth-order valence-corrected chi connectivity index (χ4v) is 3.54. The van der Waals surface area contributed by atoms with Crippen molar-refractivity contribution < 1.29 is 13.2 Å². The van der Waals surface area contributed by atoms with E-state index in [9.17, 15) is 13.2 Å². The maximum Gasteiger partial charge on any atom is 0.238 e. The Hall–Kier alpha value is -2.22. The Morgan fingerprint density at radius 3 is 2.30 bits per heavy atom. The normalized spacial score (nSPS) is 12.8. The second-order valence-corrected chi connectivity index (χ2v) is 8.58. The van der Waals surface area contributed by atoms with E-state index >= 15 is 0 Å². The molecule has 27 heavy (non-hydrogen) atoms.